The summed E-state index contributed by atoms with van der Waals surface area (Å²) in [6, 6.07) is 5.22. The van der Waals surface area contributed by atoms with E-state index in [1.54, 1.807) is 25.6 Å². The maximum Gasteiger partial charge on any atom is 0.337 e. The molecule has 5 heteroatoms. The van der Waals surface area contributed by atoms with Crippen LogP contribution in [0.2, 0.25) is 0 Å². The van der Waals surface area contributed by atoms with Gasteiger partial charge in [-0.05, 0) is 18.6 Å². The highest BCUT2D eigenvalue weighted by atomic mass is 16.5. The van der Waals surface area contributed by atoms with Gasteiger partial charge in [0.05, 0.1) is 35.6 Å². The average molecular weight is 248 g/mol. The quantitative estimate of drug-likeness (QED) is 0.882. The molecule has 2 aromatic rings. The molecule has 2 rings (SSSR count). The van der Waals surface area contributed by atoms with E-state index in [2.05, 4.69) is 4.98 Å². The van der Waals surface area contributed by atoms with E-state index in [9.17, 15) is 9.90 Å². The molecule has 0 aliphatic heterocycles. The van der Waals surface area contributed by atoms with Crippen molar-refractivity contribution in [2.45, 2.75) is 19.4 Å². The number of methoxy groups -OCH3 is 1. The molecule has 0 amide bonds. The van der Waals surface area contributed by atoms with Crippen molar-refractivity contribution in [2.24, 2.45) is 0 Å². The molecule has 0 spiro atoms. The van der Waals surface area contributed by atoms with Crippen LogP contribution in [0.25, 0.3) is 11.0 Å². The zero-order valence-electron chi connectivity index (χ0n) is 10.5. The van der Waals surface area contributed by atoms with E-state index in [1.165, 1.54) is 0 Å². The van der Waals surface area contributed by atoms with E-state index < -0.39 is 5.97 Å². The molecule has 5 nitrogen and oxygen atoms in total. The minimum Gasteiger partial charge on any atom is -0.478 e. The molecule has 1 aromatic heterocycles. The number of aromatic nitrogens is 2. The highest BCUT2D eigenvalue weighted by Gasteiger charge is 2.17. The van der Waals surface area contributed by atoms with Gasteiger partial charge in [0.2, 0.25) is 0 Å². The second-order valence-corrected chi connectivity index (χ2v) is 4.15. The number of rotatable bonds is 5. The molecular weight excluding hydrogens is 232 g/mol. The van der Waals surface area contributed by atoms with E-state index in [1.807, 2.05) is 17.6 Å². The summed E-state index contributed by atoms with van der Waals surface area (Å²) in [7, 11) is 1.64. The number of carboxylic acid groups (broad SMARTS) is 1. The summed E-state index contributed by atoms with van der Waals surface area (Å²) in [4.78, 5) is 15.5. The average Bonchev–Trinajstić information content (AvgIpc) is 2.79. The fourth-order valence-electron chi connectivity index (χ4n) is 2.13. The number of nitrogens with zero attached hydrogens (tertiary/aromatic N) is 2. The van der Waals surface area contributed by atoms with Crippen LogP contribution in [-0.2, 0) is 4.74 Å². The van der Waals surface area contributed by atoms with Crippen molar-refractivity contribution in [2.75, 3.05) is 13.7 Å². The molecule has 1 atom stereocenters. The van der Waals surface area contributed by atoms with Crippen molar-refractivity contribution >= 4 is 17.0 Å². The van der Waals surface area contributed by atoms with Gasteiger partial charge < -0.3 is 14.4 Å². The third-order valence-corrected chi connectivity index (χ3v) is 3.05. The SMILES string of the molecule is CCC(COC)n1cnc2cccc(C(=O)O)c21. The maximum absolute atomic E-state index is 11.3. The zero-order valence-corrected chi connectivity index (χ0v) is 10.5. The van der Waals surface area contributed by atoms with Crippen LogP contribution in [0.15, 0.2) is 24.5 Å². The summed E-state index contributed by atoms with van der Waals surface area (Å²) in [5.41, 5.74) is 1.64. The fraction of sp³-hybridized carbons (Fsp3) is 0.385. The van der Waals surface area contributed by atoms with Gasteiger partial charge in [-0.25, -0.2) is 9.78 Å². The lowest BCUT2D eigenvalue weighted by molar-refractivity contribution is 0.0698. The first-order chi connectivity index (χ1) is 8.69. The zero-order chi connectivity index (χ0) is 13.1. The third kappa shape index (κ3) is 2.09. The van der Waals surface area contributed by atoms with Crippen LogP contribution in [0.3, 0.4) is 0 Å². The molecule has 0 saturated carbocycles. The minimum absolute atomic E-state index is 0.0977. The van der Waals surface area contributed by atoms with Gasteiger partial charge in [-0.3, -0.25) is 0 Å². The molecule has 0 bridgehead atoms. The van der Waals surface area contributed by atoms with Crippen molar-refractivity contribution in [3.05, 3.63) is 30.1 Å². The van der Waals surface area contributed by atoms with Crippen LogP contribution in [0.4, 0.5) is 0 Å². The van der Waals surface area contributed by atoms with Crippen LogP contribution >= 0.6 is 0 Å². The summed E-state index contributed by atoms with van der Waals surface area (Å²) in [6.45, 7) is 2.58. The van der Waals surface area contributed by atoms with Gasteiger partial charge in [0, 0.05) is 7.11 Å². The molecule has 0 aliphatic rings. The van der Waals surface area contributed by atoms with E-state index >= 15 is 0 Å². The second-order valence-electron chi connectivity index (χ2n) is 4.15. The Morgan fingerprint density at radius 1 is 1.56 bits per heavy atom. The Kier molecular flexibility index (Phi) is 3.62. The lowest BCUT2D eigenvalue weighted by Gasteiger charge is -2.17. The Hall–Kier alpha value is -1.88. The number of aromatic carboxylic acids is 1. The number of benzene rings is 1. The van der Waals surface area contributed by atoms with Gasteiger partial charge >= 0.3 is 5.97 Å². The van der Waals surface area contributed by atoms with E-state index in [4.69, 9.17) is 4.74 Å². The van der Waals surface area contributed by atoms with Gasteiger partial charge in [-0.1, -0.05) is 13.0 Å². The lowest BCUT2D eigenvalue weighted by Crippen LogP contribution is -2.14. The Labute approximate surface area is 105 Å². The number of ether oxygens (including phenoxy) is 1. The van der Waals surface area contributed by atoms with Crippen LogP contribution in [0.5, 0.6) is 0 Å². The van der Waals surface area contributed by atoms with Crippen LogP contribution in [0, 0.1) is 0 Å². The third-order valence-electron chi connectivity index (χ3n) is 3.05. The molecule has 18 heavy (non-hydrogen) atoms. The van der Waals surface area contributed by atoms with Crippen LogP contribution in [-0.4, -0.2) is 34.3 Å². The van der Waals surface area contributed by atoms with Crippen LogP contribution in [0.1, 0.15) is 29.7 Å². The number of hydrogen-bond donors (Lipinski definition) is 1. The van der Waals surface area contributed by atoms with Crippen molar-refractivity contribution in [1.82, 2.24) is 9.55 Å². The first-order valence-corrected chi connectivity index (χ1v) is 5.86. The summed E-state index contributed by atoms with van der Waals surface area (Å²) in [6.07, 6.45) is 2.54. The van der Waals surface area contributed by atoms with Crippen molar-refractivity contribution in [1.29, 1.82) is 0 Å². The summed E-state index contributed by atoms with van der Waals surface area (Å²) in [5.74, 6) is -0.936. The van der Waals surface area contributed by atoms with Gasteiger partial charge in [-0.15, -0.1) is 0 Å². The maximum atomic E-state index is 11.3. The van der Waals surface area contributed by atoms with E-state index in [0.717, 1.165) is 6.42 Å². The number of hydrogen-bond acceptors (Lipinski definition) is 3. The molecule has 0 fully saturated rings. The van der Waals surface area contributed by atoms with E-state index in [-0.39, 0.29) is 11.6 Å². The molecule has 1 N–H and O–H groups in total. The molecule has 0 saturated heterocycles. The van der Waals surface area contributed by atoms with Gasteiger partial charge in [-0.2, -0.15) is 0 Å². The molecule has 1 unspecified atom stereocenters. The number of carboxylic acids is 1. The predicted octanol–water partition coefficient (Wildman–Crippen LogP) is 2.33. The van der Waals surface area contributed by atoms with Crippen molar-refractivity contribution in [3.8, 4) is 0 Å². The highest BCUT2D eigenvalue weighted by molar-refractivity contribution is 6.01. The normalized spacial score (nSPS) is 12.8. The number of imidazole rings is 1. The predicted molar refractivity (Wildman–Crippen MR) is 67.9 cm³/mol. The van der Waals surface area contributed by atoms with Crippen molar-refractivity contribution < 1.29 is 14.6 Å². The smallest absolute Gasteiger partial charge is 0.337 e. The summed E-state index contributed by atoms with van der Waals surface area (Å²) >= 11 is 0. The monoisotopic (exact) mass is 248 g/mol. The molecule has 1 aromatic carbocycles. The van der Waals surface area contributed by atoms with Gasteiger partial charge in [0.15, 0.2) is 0 Å². The Balaban J connectivity index is 2.60. The molecule has 0 radical (unpaired) electrons. The Morgan fingerprint density at radius 3 is 2.94 bits per heavy atom. The minimum atomic E-state index is -0.936. The van der Waals surface area contributed by atoms with Gasteiger partial charge in [0.25, 0.3) is 0 Å². The van der Waals surface area contributed by atoms with Crippen LogP contribution < -0.4 is 0 Å². The standard InChI is InChI=1S/C13H16N2O3/c1-3-9(7-18-2)15-8-14-11-6-4-5-10(12(11)15)13(16)17/h4-6,8-9H,3,7H2,1-2H3,(H,16,17). The van der Waals surface area contributed by atoms with E-state index in [0.29, 0.717) is 17.6 Å². The largest absolute Gasteiger partial charge is 0.478 e. The topological polar surface area (TPSA) is 64.4 Å². The first kappa shape index (κ1) is 12.6. The lowest BCUT2D eigenvalue weighted by atomic mass is 10.1. The molecular formula is C13H16N2O3. The highest BCUT2D eigenvalue weighted by Crippen LogP contribution is 2.23. The molecule has 1 heterocycles. The Bertz CT molecular complexity index is 562. The first-order valence-electron chi connectivity index (χ1n) is 5.86. The summed E-state index contributed by atoms with van der Waals surface area (Å²) in [5, 5.41) is 9.24. The fourth-order valence-corrected chi connectivity index (χ4v) is 2.13. The molecule has 96 valence electrons. The molecule has 0 aliphatic carbocycles. The Morgan fingerprint density at radius 2 is 2.33 bits per heavy atom. The number of fused-ring (bicyclic) bond motifs is 1. The van der Waals surface area contributed by atoms with Gasteiger partial charge in [0.1, 0.15) is 0 Å². The number of carbonyl (C=O) groups is 1. The van der Waals surface area contributed by atoms with Crippen molar-refractivity contribution in [3.63, 3.8) is 0 Å². The number of para-hydroxylation sites is 1. The second kappa shape index (κ2) is 5.18. The summed E-state index contributed by atoms with van der Waals surface area (Å²) < 4.78 is 7.06.